The summed E-state index contributed by atoms with van der Waals surface area (Å²) in [6.45, 7) is 0.395. The highest BCUT2D eigenvalue weighted by Gasteiger charge is 2.29. The Hall–Kier alpha value is -2.61. The smallest absolute Gasteiger partial charge is 0.255 e. The van der Waals surface area contributed by atoms with E-state index in [-0.39, 0.29) is 11.3 Å². The Morgan fingerprint density at radius 3 is 2.68 bits per heavy atom. The van der Waals surface area contributed by atoms with E-state index in [0.29, 0.717) is 30.1 Å². The van der Waals surface area contributed by atoms with Gasteiger partial charge in [-0.15, -0.1) is 0 Å². The monoisotopic (exact) mass is 364 g/mol. The lowest BCUT2D eigenvalue weighted by atomic mass is 10.2. The van der Waals surface area contributed by atoms with Gasteiger partial charge in [-0.1, -0.05) is 6.07 Å². The SMILES string of the molecule is COc1ccc(N2CCCS2(=O)=O)cc1NC(=O)c1cccc(F)c1. The summed E-state index contributed by atoms with van der Waals surface area (Å²) in [5.41, 5.74) is 0.922. The van der Waals surface area contributed by atoms with Crippen LogP contribution in [-0.2, 0) is 10.0 Å². The first-order valence-corrected chi connectivity index (χ1v) is 9.27. The first-order chi connectivity index (χ1) is 11.9. The Bertz CT molecular complexity index is 915. The van der Waals surface area contributed by atoms with E-state index in [4.69, 9.17) is 4.74 Å². The number of benzene rings is 2. The minimum absolute atomic E-state index is 0.101. The average Bonchev–Trinajstić information content (AvgIpc) is 2.94. The van der Waals surface area contributed by atoms with Crippen LogP contribution in [0.3, 0.4) is 0 Å². The van der Waals surface area contributed by atoms with Gasteiger partial charge in [-0.25, -0.2) is 12.8 Å². The molecule has 2 aromatic carbocycles. The molecule has 0 saturated carbocycles. The van der Waals surface area contributed by atoms with Crippen LogP contribution in [0.1, 0.15) is 16.8 Å². The van der Waals surface area contributed by atoms with Gasteiger partial charge in [-0.2, -0.15) is 0 Å². The van der Waals surface area contributed by atoms with E-state index >= 15 is 0 Å². The predicted octanol–water partition coefficient (Wildman–Crippen LogP) is 2.63. The van der Waals surface area contributed by atoms with E-state index in [2.05, 4.69) is 5.32 Å². The first kappa shape index (κ1) is 17.2. The molecule has 1 heterocycles. The van der Waals surface area contributed by atoms with E-state index in [1.807, 2.05) is 0 Å². The molecule has 0 aromatic heterocycles. The summed E-state index contributed by atoms with van der Waals surface area (Å²) >= 11 is 0. The molecule has 2 aromatic rings. The van der Waals surface area contributed by atoms with Crippen LogP contribution < -0.4 is 14.4 Å². The van der Waals surface area contributed by atoms with Crippen molar-refractivity contribution >= 4 is 27.3 Å². The average molecular weight is 364 g/mol. The summed E-state index contributed by atoms with van der Waals surface area (Å²) in [5.74, 6) is -0.551. The Balaban J connectivity index is 1.92. The highest BCUT2D eigenvalue weighted by molar-refractivity contribution is 7.93. The summed E-state index contributed by atoms with van der Waals surface area (Å²) in [6, 6.07) is 10.0. The minimum Gasteiger partial charge on any atom is -0.495 e. The van der Waals surface area contributed by atoms with Gasteiger partial charge in [0.15, 0.2) is 0 Å². The maximum Gasteiger partial charge on any atom is 0.255 e. The number of hydrogen-bond donors (Lipinski definition) is 1. The molecular formula is C17H17FN2O4S. The zero-order chi connectivity index (χ0) is 18.0. The molecule has 1 fully saturated rings. The molecule has 0 unspecified atom stereocenters. The third-order valence-electron chi connectivity index (χ3n) is 3.91. The van der Waals surface area contributed by atoms with E-state index in [1.54, 1.807) is 18.2 Å². The normalized spacial score (nSPS) is 15.8. The van der Waals surface area contributed by atoms with Gasteiger partial charge in [-0.3, -0.25) is 9.10 Å². The number of sulfonamides is 1. The fraction of sp³-hybridized carbons (Fsp3) is 0.235. The number of amides is 1. The quantitative estimate of drug-likeness (QED) is 0.905. The van der Waals surface area contributed by atoms with E-state index in [0.717, 1.165) is 6.07 Å². The van der Waals surface area contributed by atoms with E-state index in [9.17, 15) is 17.6 Å². The molecule has 1 saturated heterocycles. The number of carbonyl (C=O) groups excluding carboxylic acids is 1. The minimum atomic E-state index is -3.33. The molecule has 1 N–H and O–H groups in total. The van der Waals surface area contributed by atoms with Crippen LogP contribution in [-0.4, -0.2) is 33.7 Å². The first-order valence-electron chi connectivity index (χ1n) is 7.66. The van der Waals surface area contributed by atoms with Crippen LogP contribution in [0.5, 0.6) is 5.75 Å². The molecule has 1 aliphatic rings. The number of nitrogens with zero attached hydrogens (tertiary/aromatic N) is 1. The second-order valence-electron chi connectivity index (χ2n) is 5.59. The van der Waals surface area contributed by atoms with Crippen molar-refractivity contribution < 1.29 is 22.3 Å². The van der Waals surface area contributed by atoms with Crippen molar-refractivity contribution in [2.75, 3.05) is 29.0 Å². The van der Waals surface area contributed by atoms with Gasteiger partial charge in [-0.05, 0) is 42.8 Å². The van der Waals surface area contributed by atoms with Crippen LogP contribution in [0.15, 0.2) is 42.5 Å². The summed E-state index contributed by atoms with van der Waals surface area (Å²) < 4.78 is 44.0. The maximum absolute atomic E-state index is 13.3. The molecule has 1 amide bonds. The molecule has 6 nitrogen and oxygen atoms in total. The van der Waals surface area contributed by atoms with Gasteiger partial charge in [0.2, 0.25) is 10.0 Å². The van der Waals surface area contributed by atoms with Crippen molar-refractivity contribution in [2.24, 2.45) is 0 Å². The Labute approximate surface area is 145 Å². The van der Waals surface area contributed by atoms with Gasteiger partial charge in [0, 0.05) is 12.1 Å². The number of anilines is 2. The van der Waals surface area contributed by atoms with E-state index in [1.165, 1.54) is 29.6 Å². The lowest BCUT2D eigenvalue weighted by Gasteiger charge is -2.19. The lowest BCUT2D eigenvalue weighted by Crippen LogP contribution is -2.25. The zero-order valence-electron chi connectivity index (χ0n) is 13.5. The van der Waals surface area contributed by atoms with Crippen molar-refractivity contribution in [3.63, 3.8) is 0 Å². The van der Waals surface area contributed by atoms with Crippen LogP contribution in [0.2, 0.25) is 0 Å². The van der Waals surface area contributed by atoms with Gasteiger partial charge in [0.25, 0.3) is 5.91 Å². The third kappa shape index (κ3) is 3.58. The summed E-state index contributed by atoms with van der Waals surface area (Å²) in [7, 11) is -1.89. The number of nitrogens with one attached hydrogen (secondary N) is 1. The van der Waals surface area contributed by atoms with Gasteiger partial charge >= 0.3 is 0 Å². The number of rotatable bonds is 4. The van der Waals surface area contributed by atoms with Crippen molar-refractivity contribution in [3.8, 4) is 5.75 Å². The number of ether oxygens (including phenoxy) is 1. The Morgan fingerprint density at radius 2 is 2.04 bits per heavy atom. The van der Waals surface area contributed by atoms with Gasteiger partial charge < -0.3 is 10.1 Å². The fourth-order valence-electron chi connectivity index (χ4n) is 2.70. The summed E-state index contributed by atoms with van der Waals surface area (Å²) in [5, 5.41) is 2.64. The van der Waals surface area contributed by atoms with Crippen LogP contribution >= 0.6 is 0 Å². The second kappa shape index (κ2) is 6.72. The number of halogens is 1. The molecule has 0 atom stereocenters. The molecule has 0 spiro atoms. The molecule has 8 heteroatoms. The van der Waals surface area contributed by atoms with Crippen molar-refractivity contribution in [1.82, 2.24) is 0 Å². The van der Waals surface area contributed by atoms with E-state index < -0.39 is 21.7 Å². The summed E-state index contributed by atoms with van der Waals surface area (Å²) in [6.07, 6.45) is 0.555. The molecule has 1 aliphatic heterocycles. The number of carbonyl (C=O) groups is 1. The molecule has 0 bridgehead atoms. The molecule has 0 aliphatic carbocycles. The molecular weight excluding hydrogens is 347 g/mol. The molecule has 3 rings (SSSR count). The number of methoxy groups -OCH3 is 1. The van der Waals surface area contributed by atoms with Gasteiger partial charge in [0.1, 0.15) is 11.6 Å². The Morgan fingerprint density at radius 1 is 1.24 bits per heavy atom. The third-order valence-corrected chi connectivity index (χ3v) is 5.77. The summed E-state index contributed by atoms with van der Waals surface area (Å²) in [4.78, 5) is 12.3. The fourth-order valence-corrected chi connectivity index (χ4v) is 4.26. The molecule has 25 heavy (non-hydrogen) atoms. The standard InChI is InChI=1S/C17H17FN2O4S/c1-24-16-7-6-14(20-8-3-9-25(20,22)23)11-15(16)19-17(21)12-4-2-5-13(18)10-12/h2,4-7,10-11H,3,8-9H2,1H3,(H,19,21). The maximum atomic E-state index is 13.3. The van der Waals surface area contributed by atoms with Crippen molar-refractivity contribution in [3.05, 3.63) is 53.8 Å². The van der Waals surface area contributed by atoms with Crippen LogP contribution in [0, 0.1) is 5.82 Å². The zero-order valence-corrected chi connectivity index (χ0v) is 14.3. The highest BCUT2D eigenvalue weighted by atomic mass is 32.2. The largest absolute Gasteiger partial charge is 0.495 e. The highest BCUT2D eigenvalue weighted by Crippen LogP contribution is 2.33. The van der Waals surface area contributed by atoms with Gasteiger partial charge in [0.05, 0.1) is 24.2 Å². The molecule has 0 radical (unpaired) electrons. The Kier molecular flexibility index (Phi) is 4.63. The van der Waals surface area contributed by atoms with Crippen LogP contribution in [0.4, 0.5) is 15.8 Å². The topological polar surface area (TPSA) is 75.7 Å². The van der Waals surface area contributed by atoms with Crippen LogP contribution in [0.25, 0.3) is 0 Å². The predicted molar refractivity (Wildman–Crippen MR) is 93.1 cm³/mol. The number of hydrogen-bond acceptors (Lipinski definition) is 4. The second-order valence-corrected chi connectivity index (χ2v) is 7.60. The van der Waals surface area contributed by atoms with Crippen molar-refractivity contribution in [2.45, 2.75) is 6.42 Å². The van der Waals surface area contributed by atoms with Crippen molar-refractivity contribution in [1.29, 1.82) is 0 Å². The molecule has 132 valence electrons. The lowest BCUT2D eigenvalue weighted by molar-refractivity contribution is 0.102.